The average Bonchev–Trinajstić information content (AvgIpc) is 2.86. The first-order chi connectivity index (χ1) is 5.95. The molecule has 1 heterocycles. The van der Waals surface area contributed by atoms with Crippen LogP contribution in [0.15, 0.2) is 5.38 Å². The van der Waals surface area contributed by atoms with Gasteiger partial charge in [-0.05, 0) is 60.9 Å². The lowest BCUT2D eigenvalue weighted by Gasteiger charge is -2.12. The van der Waals surface area contributed by atoms with Crippen molar-refractivity contribution in [3.8, 4) is 0 Å². The second kappa shape index (κ2) is 2.59. The fraction of sp³-hybridized carbons (Fsp3) is 0.636. The molecule has 0 unspecified atom stereocenters. The van der Waals surface area contributed by atoms with Crippen LogP contribution in [0.4, 0.5) is 0 Å². The van der Waals surface area contributed by atoms with Crippen molar-refractivity contribution in [2.75, 3.05) is 0 Å². The van der Waals surface area contributed by atoms with Gasteiger partial charge in [0.25, 0.3) is 0 Å². The third-order valence-electron chi connectivity index (χ3n) is 3.11. The molecule has 1 aromatic heterocycles. The maximum absolute atomic E-state index is 2.44. The fourth-order valence-electron chi connectivity index (χ4n) is 2.26. The van der Waals surface area contributed by atoms with E-state index in [1.165, 1.54) is 38.5 Å². The van der Waals surface area contributed by atoms with Crippen molar-refractivity contribution in [1.82, 2.24) is 0 Å². The summed E-state index contributed by atoms with van der Waals surface area (Å²) in [5.74, 6) is 0.975. The lowest BCUT2D eigenvalue weighted by Crippen LogP contribution is -2.00. The number of fused-ring (bicyclic) bond motifs is 1. The highest BCUT2D eigenvalue weighted by molar-refractivity contribution is 7.10. The van der Waals surface area contributed by atoms with E-state index in [9.17, 15) is 0 Å². The predicted octanol–water partition coefficient (Wildman–Crippen LogP) is 3.50. The van der Waals surface area contributed by atoms with Crippen LogP contribution in [0, 0.1) is 0 Å². The first-order valence-electron chi connectivity index (χ1n) is 5.04. The van der Waals surface area contributed by atoms with Gasteiger partial charge in [-0.25, -0.2) is 0 Å². The van der Waals surface area contributed by atoms with E-state index in [1.54, 1.807) is 16.0 Å². The van der Waals surface area contributed by atoms with Gasteiger partial charge in [-0.3, -0.25) is 0 Å². The Bertz CT molecular complexity index is 294. The summed E-state index contributed by atoms with van der Waals surface area (Å²) in [6.45, 7) is 0. The van der Waals surface area contributed by atoms with Crippen molar-refractivity contribution in [3.63, 3.8) is 0 Å². The molecule has 1 saturated carbocycles. The Morgan fingerprint density at radius 2 is 2.00 bits per heavy atom. The number of thiophene rings is 1. The van der Waals surface area contributed by atoms with Crippen LogP contribution in [0.1, 0.15) is 47.6 Å². The van der Waals surface area contributed by atoms with E-state index in [0.29, 0.717) is 0 Å². The van der Waals surface area contributed by atoms with Crippen LogP contribution in [0.25, 0.3) is 0 Å². The molecule has 0 aromatic carbocycles. The van der Waals surface area contributed by atoms with Gasteiger partial charge < -0.3 is 0 Å². The van der Waals surface area contributed by atoms with E-state index in [2.05, 4.69) is 5.38 Å². The van der Waals surface area contributed by atoms with Gasteiger partial charge >= 0.3 is 0 Å². The van der Waals surface area contributed by atoms with Gasteiger partial charge in [0.05, 0.1) is 0 Å². The highest BCUT2D eigenvalue weighted by Gasteiger charge is 2.28. The molecule has 64 valence electrons. The summed E-state index contributed by atoms with van der Waals surface area (Å²) in [7, 11) is 0. The van der Waals surface area contributed by atoms with Crippen LogP contribution in [0.2, 0.25) is 0 Å². The molecule has 0 amide bonds. The van der Waals surface area contributed by atoms with Crippen molar-refractivity contribution in [1.29, 1.82) is 0 Å². The monoisotopic (exact) mass is 178 g/mol. The minimum Gasteiger partial charge on any atom is -0.148 e. The Morgan fingerprint density at radius 3 is 2.83 bits per heavy atom. The molecule has 2 aliphatic rings. The van der Waals surface area contributed by atoms with Crippen LogP contribution in [0.5, 0.6) is 0 Å². The van der Waals surface area contributed by atoms with E-state index in [1.807, 2.05) is 11.3 Å². The second-order valence-corrected chi connectivity index (χ2v) is 5.04. The topological polar surface area (TPSA) is 0 Å². The quantitative estimate of drug-likeness (QED) is 0.617. The second-order valence-electron chi connectivity index (χ2n) is 4.07. The molecule has 0 atom stereocenters. The van der Waals surface area contributed by atoms with Crippen molar-refractivity contribution in [2.24, 2.45) is 0 Å². The zero-order valence-corrected chi connectivity index (χ0v) is 8.12. The van der Waals surface area contributed by atoms with Crippen LogP contribution in [-0.4, -0.2) is 0 Å². The lowest BCUT2D eigenvalue weighted by atomic mass is 9.94. The van der Waals surface area contributed by atoms with Crippen LogP contribution in [0.3, 0.4) is 0 Å². The summed E-state index contributed by atoms with van der Waals surface area (Å²) in [5.41, 5.74) is 3.49. The van der Waals surface area contributed by atoms with Gasteiger partial charge in [0, 0.05) is 4.88 Å². The highest BCUT2D eigenvalue weighted by Crippen LogP contribution is 2.45. The van der Waals surface area contributed by atoms with Crippen LogP contribution < -0.4 is 0 Å². The number of hydrogen-bond acceptors (Lipinski definition) is 1. The molecule has 0 nitrogen and oxygen atoms in total. The maximum Gasteiger partial charge on any atom is 0.00801 e. The van der Waals surface area contributed by atoms with Gasteiger partial charge in [-0.1, -0.05) is 0 Å². The Labute approximate surface area is 77.6 Å². The van der Waals surface area contributed by atoms with E-state index < -0.39 is 0 Å². The molecular weight excluding hydrogens is 164 g/mol. The van der Waals surface area contributed by atoms with Crippen LogP contribution in [-0.2, 0) is 12.8 Å². The van der Waals surface area contributed by atoms with Crippen molar-refractivity contribution in [3.05, 3.63) is 21.4 Å². The van der Waals surface area contributed by atoms with Crippen LogP contribution >= 0.6 is 11.3 Å². The molecule has 0 spiro atoms. The number of hydrogen-bond donors (Lipinski definition) is 0. The molecule has 3 rings (SSSR count). The summed E-state index contributed by atoms with van der Waals surface area (Å²) in [5, 5.41) is 2.44. The third kappa shape index (κ3) is 1.03. The van der Waals surface area contributed by atoms with Crippen molar-refractivity contribution >= 4 is 11.3 Å². The summed E-state index contributed by atoms with van der Waals surface area (Å²) in [4.78, 5) is 1.71. The minimum atomic E-state index is 0.975. The molecule has 0 bridgehead atoms. The lowest BCUT2D eigenvalue weighted by molar-refractivity contribution is 0.691. The molecule has 0 aliphatic heterocycles. The minimum absolute atomic E-state index is 0.975. The van der Waals surface area contributed by atoms with E-state index >= 15 is 0 Å². The normalized spacial score (nSPS) is 22.3. The highest BCUT2D eigenvalue weighted by atomic mass is 32.1. The third-order valence-corrected chi connectivity index (χ3v) is 4.22. The Hall–Kier alpha value is -0.300. The first-order valence-corrected chi connectivity index (χ1v) is 5.92. The fourth-order valence-corrected chi connectivity index (χ4v) is 3.48. The summed E-state index contributed by atoms with van der Waals surface area (Å²) in [6, 6.07) is 0. The molecular formula is C11H14S. The largest absolute Gasteiger partial charge is 0.148 e. The van der Waals surface area contributed by atoms with E-state index in [-0.39, 0.29) is 0 Å². The summed E-state index contributed by atoms with van der Waals surface area (Å²) in [6.07, 6.45) is 8.53. The zero-order chi connectivity index (χ0) is 7.97. The van der Waals surface area contributed by atoms with E-state index in [0.717, 1.165) is 5.92 Å². The number of rotatable bonds is 1. The molecule has 1 fully saturated rings. The summed E-state index contributed by atoms with van der Waals surface area (Å²) >= 11 is 2.02. The molecule has 0 N–H and O–H groups in total. The number of aryl methyl sites for hydroxylation is 1. The first kappa shape index (κ1) is 7.14. The Balaban J connectivity index is 2.03. The molecule has 2 aliphatic carbocycles. The van der Waals surface area contributed by atoms with Gasteiger partial charge in [0.2, 0.25) is 0 Å². The van der Waals surface area contributed by atoms with Crippen molar-refractivity contribution in [2.45, 2.75) is 44.4 Å². The molecule has 0 saturated heterocycles. The maximum atomic E-state index is 2.44. The SMILES string of the molecule is c1sc2c(c1C1CC1)CCCC2. The molecule has 12 heavy (non-hydrogen) atoms. The zero-order valence-electron chi connectivity index (χ0n) is 7.31. The van der Waals surface area contributed by atoms with E-state index in [4.69, 9.17) is 0 Å². The molecule has 1 aromatic rings. The smallest absolute Gasteiger partial charge is 0.00801 e. The van der Waals surface area contributed by atoms with Gasteiger partial charge in [0.1, 0.15) is 0 Å². The Kier molecular flexibility index (Phi) is 1.54. The average molecular weight is 178 g/mol. The molecule has 0 radical (unpaired) electrons. The van der Waals surface area contributed by atoms with Crippen molar-refractivity contribution < 1.29 is 0 Å². The molecule has 1 heteroatoms. The standard InChI is InChI=1S/C11H14S/c1-2-4-11-9(3-1)10(7-12-11)8-5-6-8/h7-8H,1-6H2. The summed E-state index contributed by atoms with van der Waals surface area (Å²) < 4.78 is 0. The van der Waals surface area contributed by atoms with Gasteiger partial charge in [-0.15, -0.1) is 11.3 Å². The van der Waals surface area contributed by atoms with Gasteiger partial charge in [-0.2, -0.15) is 0 Å². The predicted molar refractivity (Wildman–Crippen MR) is 52.9 cm³/mol. The van der Waals surface area contributed by atoms with Gasteiger partial charge in [0.15, 0.2) is 0 Å². The Morgan fingerprint density at radius 1 is 1.17 bits per heavy atom.